The lowest BCUT2D eigenvalue weighted by Crippen LogP contribution is -2.19. The quantitative estimate of drug-likeness (QED) is 0.618. The first kappa shape index (κ1) is 11.0. The molecule has 1 aromatic carbocycles. The molecule has 0 unspecified atom stereocenters. The molecule has 0 fully saturated rings. The van der Waals surface area contributed by atoms with Crippen LogP contribution in [0.4, 0.5) is 0 Å². The third-order valence-corrected chi connectivity index (χ3v) is 2.62. The molecule has 16 heavy (non-hydrogen) atoms. The largest absolute Gasteiger partial charge is 0.288 e. The minimum absolute atomic E-state index is 0.314. The summed E-state index contributed by atoms with van der Waals surface area (Å²) in [5, 5.41) is 2.26. The number of benzene rings is 1. The van der Waals surface area contributed by atoms with E-state index in [4.69, 9.17) is 0 Å². The first-order valence-electron chi connectivity index (χ1n) is 4.99. The molecule has 0 radical (unpaired) electrons. The second-order valence-corrected chi connectivity index (χ2v) is 3.95. The van der Waals surface area contributed by atoms with Crippen LogP contribution < -0.4 is 5.32 Å². The number of allylic oxidation sites excluding steroid dienone is 1. The van der Waals surface area contributed by atoms with Gasteiger partial charge in [-0.05, 0) is 29.9 Å². The Balaban J connectivity index is 2.30. The monoisotopic (exact) mass is 233 g/mol. The van der Waals surface area contributed by atoms with E-state index in [0.717, 1.165) is 17.7 Å². The van der Waals surface area contributed by atoms with Gasteiger partial charge in [-0.2, -0.15) is 12.6 Å². The molecule has 0 saturated carbocycles. The lowest BCUT2D eigenvalue weighted by molar-refractivity contribution is 0.0879. The lowest BCUT2D eigenvalue weighted by Gasteiger charge is -1.96. The van der Waals surface area contributed by atoms with Gasteiger partial charge in [0.2, 0.25) is 0 Å². The molecule has 0 aliphatic carbocycles. The highest BCUT2D eigenvalue weighted by molar-refractivity contribution is 7.80. The fourth-order valence-corrected chi connectivity index (χ4v) is 1.73. The van der Waals surface area contributed by atoms with Gasteiger partial charge in [-0.15, -0.1) is 0 Å². The zero-order valence-corrected chi connectivity index (χ0v) is 9.46. The number of hydrogen-bond donors (Lipinski definition) is 2. The topological polar surface area (TPSA) is 46.2 Å². The fourth-order valence-electron chi connectivity index (χ4n) is 1.58. The summed E-state index contributed by atoms with van der Waals surface area (Å²) in [5.74, 6) is 0.163. The van der Waals surface area contributed by atoms with Gasteiger partial charge in [-0.1, -0.05) is 18.2 Å². The minimum Gasteiger partial charge on any atom is -0.288 e. The van der Waals surface area contributed by atoms with Crippen LogP contribution in [-0.2, 0) is 0 Å². The molecule has 82 valence electrons. The third-order valence-electron chi connectivity index (χ3n) is 2.37. The maximum atomic E-state index is 11.4. The number of imide groups is 1. The Morgan fingerprint density at radius 2 is 1.94 bits per heavy atom. The van der Waals surface area contributed by atoms with Crippen molar-refractivity contribution in [2.75, 3.05) is 5.75 Å². The van der Waals surface area contributed by atoms with E-state index in [1.54, 1.807) is 12.1 Å². The van der Waals surface area contributed by atoms with Crippen LogP contribution in [0.5, 0.6) is 0 Å². The third kappa shape index (κ3) is 2.02. The van der Waals surface area contributed by atoms with Gasteiger partial charge in [0, 0.05) is 0 Å². The highest BCUT2D eigenvalue weighted by Gasteiger charge is 2.26. The molecule has 0 saturated heterocycles. The Labute approximate surface area is 99.0 Å². The molecule has 0 spiro atoms. The molecule has 2 rings (SSSR count). The van der Waals surface area contributed by atoms with Crippen molar-refractivity contribution in [2.24, 2.45) is 0 Å². The first-order chi connectivity index (χ1) is 7.72. The van der Waals surface area contributed by atoms with Gasteiger partial charge in [-0.25, -0.2) is 0 Å². The molecule has 4 heteroatoms. The molecule has 0 bridgehead atoms. The SMILES string of the molecule is O=C1NC(=O)c2cc(C=CCCS)ccc21. The van der Waals surface area contributed by atoms with Gasteiger partial charge >= 0.3 is 0 Å². The Morgan fingerprint density at radius 1 is 1.19 bits per heavy atom. The van der Waals surface area contributed by atoms with Crippen LogP contribution in [0.3, 0.4) is 0 Å². The summed E-state index contributed by atoms with van der Waals surface area (Å²) in [6.07, 6.45) is 4.79. The van der Waals surface area contributed by atoms with Gasteiger partial charge in [-0.3, -0.25) is 14.9 Å². The van der Waals surface area contributed by atoms with Crippen LogP contribution >= 0.6 is 12.6 Å². The van der Waals surface area contributed by atoms with E-state index in [1.165, 1.54) is 0 Å². The van der Waals surface area contributed by atoms with E-state index in [2.05, 4.69) is 17.9 Å². The van der Waals surface area contributed by atoms with Crippen molar-refractivity contribution in [2.45, 2.75) is 6.42 Å². The number of thiol groups is 1. The number of fused-ring (bicyclic) bond motifs is 1. The van der Waals surface area contributed by atoms with E-state index in [-0.39, 0.29) is 11.8 Å². The van der Waals surface area contributed by atoms with Gasteiger partial charge < -0.3 is 0 Å². The number of amides is 2. The maximum Gasteiger partial charge on any atom is 0.258 e. The molecule has 1 aliphatic heterocycles. The molecular formula is C12H11NO2S. The predicted molar refractivity (Wildman–Crippen MR) is 65.7 cm³/mol. The van der Waals surface area contributed by atoms with Crippen LogP contribution in [0.25, 0.3) is 6.08 Å². The van der Waals surface area contributed by atoms with E-state index >= 15 is 0 Å². The second kappa shape index (κ2) is 4.53. The summed E-state index contributed by atoms with van der Waals surface area (Å²) < 4.78 is 0. The van der Waals surface area contributed by atoms with Crippen molar-refractivity contribution >= 4 is 30.5 Å². The van der Waals surface area contributed by atoms with Gasteiger partial charge in [0.15, 0.2) is 0 Å². The second-order valence-electron chi connectivity index (χ2n) is 3.50. The van der Waals surface area contributed by atoms with Crippen LogP contribution in [0.2, 0.25) is 0 Å². The average Bonchev–Trinajstić information content (AvgIpc) is 2.55. The van der Waals surface area contributed by atoms with Crippen molar-refractivity contribution < 1.29 is 9.59 Å². The zero-order valence-electron chi connectivity index (χ0n) is 8.56. The van der Waals surface area contributed by atoms with E-state index in [1.807, 2.05) is 18.2 Å². The van der Waals surface area contributed by atoms with Crippen LogP contribution in [0, 0.1) is 0 Å². The van der Waals surface area contributed by atoms with Crippen molar-refractivity contribution in [3.63, 3.8) is 0 Å². The highest BCUT2D eigenvalue weighted by Crippen LogP contribution is 2.18. The summed E-state index contributed by atoms with van der Waals surface area (Å²) in [6.45, 7) is 0. The van der Waals surface area contributed by atoms with Crippen molar-refractivity contribution in [3.05, 3.63) is 41.0 Å². The number of carbonyl (C=O) groups excluding carboxylic acids is 2. The lowest BCUT2D eigenvalue weighted by atomic mass is 10.1. The average molecular weight is 233 g/mol. The number of hydrogen-bond acceptors (Lipinski definition) is 3. The normalized spacial score (nSPS) is 14.3. The summed E-state index contributed by atoms with van der Waals surface area (Å²) in [6, 6.07) is 5.23. The molecule has 2 amide bonds. The number of rotatable bonds is 3. The summed E-state index contributed by atoms with van der Waals surface area (Å²) in [5.41, 5.74) is 1.83. The Morgan fingerprint density at radius 3 is 2.69 bits per heavy atom. The van der Waals surface area contributed by atoms with Crippen molar-refractivity contribution in [3.8, 4) is 0 Å². The molecule has 0 aromatic heterocycles. The van der Waals surface area contributed by atoms with Crippen molar-refractivity contribution in [1.29, 1.82) is 0 Å². The smallest absolute Gasteiger partial charge is 0.258 e. The van der Waals surface area contributed by atoms with E-state index in [0.29, 0.717) is 11.1 Å². The van der Waals surface area contributed by atoms with Gasteiger partial charge in [0.1, 0.15) is 0 Å². The van der Waals surface area contributed by atoms with Gasteiger partial charge in [0.25, 0.3) is 11.8 Å². The molecular weight excluding hydrogens is 222 g/mol. The molecule has 3 nitrogen and oxygen atoms in total. The molecule has 1 aliphatic rings. The van der Waals surface area contributed by atoms with Crippen LogP contribution in [0.15, 0.2) is 24.3 Å². The van der Waals surface area contributed by atoms with E-state index in [9.17, 15) is 9.59 Å². The van der Waals surface area contributed by atoms with E-state index < -0.39 is 0 Å². The van der Waals surface area contributed by atoms with Crippen LogP contribution in [0.1, 0.15) is 32.7 Å². The summed E-state index contributed by atoms with van der Waals surface area (Å²) >= 11 is 4.10. The molecule has 0 atom stereocenters. The highest BCUT2D eigenvalue weighted by atomic mass is 32.1. The molecule has 1 aromatic rings. The molecule has 1 heterocycles. The standard InChI is InChI=1S/C12H11NO2S/c14-11-9-5-4-8(3-1-2-6-16)7-10(9)12(15)13-11/h1,3-5,7,16H,2,6H2,(H,13,14,15). The number of carbonyl (C=O) groups is 2. The number of nitrogens with one attached hydrogen (secondary N) is 1. The van der Waals surface area contributed by atoms with Crippen LogP contribution in [-0.4, -0.2) is 17.6 Å². The summed E-state index contributed by atoms with van der Waals surface area (Å²) in [4.78, 5) is 22.7. The fraction of sp³-hybridized carbons (Fsp3) is 0.167. The predicted octanol–water partition coefficient (Wildman–Crippen LogP) is 1.90. The summed E-state index contributed by atoms with van der Waals surface area (Å²) in [7, 11) is 0. The Hall–Kier alpha value is -1.55. The molecule has 1 N–H and O–H groups in total. The van der Waals surface area contributed by atoms with Crippen molar-refractivity contribution in [1.82, 2.24) is 5.32 Å². The van der Waals surface area contributed by atoms with Gasteiger partial charge in [0.05, 0.1) is 11.1 Å². The Bertz CT molecular complexity index is 480. The minimum atomic E-state index is -0.315. The zero-order chi connectivity index (χ0) is 11.5. The maximum absolute atomic E-state index is 11.4. The first-order valence-corrected chi connectivity index (χ1v) is 5.63. The Kier molecular flexibility index (Phi) is 3.10.